The summed E-state index contributed by atoms with van der Waals surface area (Å²) in [5, 5.41) is 13.8. The van der Waals surface area contributed by atoms with Gasteiger partial charge in [-0.2, -0.15) is 0 Å². The van der Waals surface area contributed by atoms with Gasteiger partial charge in [-0.05, 0) is 24.8 Å². The SMILES string of the molecule is CNC(=O)[C@@H]1CCCC[C@@H]1C(=O)NCc1nncn1CCc1ccccc1. The van der Waals surface area contributed by atoms with Gasteiger partial charge >= 0.3 is 0 Å². The summed E-state index contributed by atoms with van der Waals surface area (Å²) >= 11 is 0. The molecule has 144 valence electrons. The zero-order chi connectivity index (χ0) is 19.1. The van der Waals surface area contributed by atoms with Gasteiger partial charge in [0.1, 0.15) is 6.33 Å². The summed E-state index contributed by atoms with van der Waals surface area (Å²) in [7, 11) is 1.63. The highest BCUT2D eigenvalue weighted by atomic mass is 16.2. The second-order valence-corrected chi connectivity index (χ2v) is 7.01. The number of hydrogen-bond acceptors (Lipinski definition) is 4. The van der Waals surface area contributed by atoms with Crippen LogP contribution in [0.4, 0.5) is 0 Å². The number of carbonyl (C=O) groups excluding carboxylic acids is 2. The molecule has 1 saturated carbocycles. The number of amides is 2. The highest BCUT2D eigenvalue weighted by molar-refractivity contribution is 5.87. The van der Waals surface area contributed by atoms with E-state index in [1.165, 1.54) is 5.56 Å². The van der Waals surface area contributed by atoms with Gasteiger partial charge < -0.3 is 15.2 Å². The summed E-state index contributed by atoms with van der Waals surface area (Å²) in [5.74, 6) is 0.118. The Kier molecular flexibility index (Phi) is 6.57. The molecule has 7 nitrogen and oxygen atoms in total. The fourth-order valence-corrected chi connectivity index (χ4v) is 3.74. The minimum atomic E-state index is -0.264. The van der Waals surface area contributed by atoms with Crippen molar-refractivity contribution < 1.29 is 9.59 Å². The maximum atomic E-state index is 12.7. The molecule has 1 fully saturated rings. The van der Waals surface area contributed by atoms with Gasteiger partial charge in [0.15, 0.2) is 5.82 Å². The first-order chi connectivity index (χ1) is 13.2. The Morgan fingerprint density at radius 2 is 1.81 bits per heavy atom. The maximum absolute atomic E-state index is 12.7. The van der Waals surface area contributed by atoms with E-state index < -0.39 is 0 Å². The average Bonchev–Trinajstić information content (AvgIpc) is 3.18. The van der Waals surface area contributed by atoms with Crippen molar-refractivity contribution in [2.24, 2.45) is 11.8 Å². The normalized spacial score (nSPS) is 19.4. The maximum Gasteiger partial charge on any atom is 0.224 e. The largest absolute Gasteiger partial charge is 0.359 e. The Morgan fingerprint density at radius 1 is 1.11 bits per heavy atom. The van der Waals surface area contributed by atoms with Gasteiger partial charge in [0.25, 0.3) is 0 Å². The number of hydrogen-bond donors (Lipinski definition) is 2. The topological polar surface area (TPSA) is 88.9 Å². The summed E-state index contributed by atoms with van der Waals surface area (Å²) in [4.78, 5) is 24.7. The van der Waals surface area contributed by atoms with Crippen LogP contribution >= 0.6 is 0 Å². The lowest BCUT2D eigenvalue weighted by Crippen LogP contribution is -2.42. The molecule has 3 rings (SSSR count). The van der Waals surface area contributed by atoms with Crippen molar-refractivity contribution in [1.82, 2.24) is 25.4 Å². The molecule has 2 amide bonds. The second kappa shape index (κ2) is 9.30. The zero-order valence-corrected chi connectivity index (χ0v) is 15.7. The lowest BCUT2D eigenvalue weighted by Gasteiger charge is -2.29. The molecule has 0 aliphatic heterocycles. The molecule has 0 radical (unpaired) electrons. The van der Waals surface area contributed by atoms with E-state index in [2.05, 4.69) is 33.0 Å². The number of aryl methyl sites for hydroxylation is 2. The fourth-order valence-electron chi connectivity index (χ4n) is 3.74. The first-order valence-electron chi connectivity index (χ1n) is 9.59. The van der Waals surface area contributed by atoms with Gasteiger partial charge in [0.05, 0.1) is 6.54 Å². The fraction of sp³-hybridized carbons (Fsp3) is 0.500. The van der Waals surface area contributed by atoms with E-state index in [0.29, 0.717) is 6.54 Å². The highest BCUT2D eigenvalue weighted by Crippen LogP contribution is 2.30. The van der Waals surface area contributed by atoms with Crippen LogP contribution in [0.5, 0.6) is 0 Å². The first kappa shape index (κ1) is 19.1. The van der Waals surface area contributed by atoms with Crippen molar-refractivity contribution in [1.29, 1.82) is 0 Å². The Labute approximate surface area is 159 Å². The van der Waals surface area contributed by atoms with E-state index in [4.69, 9.17) is 0 Å². The van der Waals surface area contributed by atoms with Crippen molar-refractivity contribution >= 4 is 11.8 Å². The first-order valence-corrected chi connectivity index (χ1v) is 9.59. The molecule has 27 heavy (non-hydrogen) atoms. The lowest BCUT2D eigenvalue weighted by atomic mass is 9.78. The van der Waals surface area contributed by atoms with Crippen LogP contribution in [0, 0.1) is 11.8 Å². The second-order valence-electron chi connectivity index (χ2n) is 7.01. The van der Waals surface area contributed by atoms with Crippen LogP contribution in [0.15, 0.2) is 36.7 Å². The number of benzene rings is 1. The smallest absolute Gasteiger partial charge is 0.224 e. The molecule has 2 N–H and O–H groups in total. The van der Waals surface area contributed by atoms with Crippen LogP contribution < -0.4 is 10.6 Å². The van der Waals surface area contributed by atoms with E-state index in [0.717, 1.165) is 44.5 Å². The highest BCUT2D eigenvalue weighted by Gasteiger charge is 2.35. The third-order valence-corrected chi connectivity index (χ3v) is 5.29. The molecule has 1 aliphatic carbocycles. The van der Waals surface area contributed by atoms with Gasteiger partial charge in [0.2, 0.25) is 11.8 Å². The minimum Gasteiger partial charge on any atom is -0.359 e. The molecule has 7 heteroatoms. The predicted octanol–water partition coefficient (Wildman–Crippen LogP) is 1.69. The third kappa shape index (κ3) is 4.93. The number of carbonyl (C=O) groups is 2. The number of rotatable bonds is 7. The summed E-state index contributed by atoms with van der Waals surface area (Å²) in [6, 6.07) is 10.2. The number of nitrogens with zero attached hydrogens (tertiary/aromatic N) is 3. The van der Waals surface area contributed by atoms with Crippen LogP contribution in [0.2, 0.25) is 0 Å². The molecular weight excluding hydrogens is 342 g/mol. The Morgan fingerprint density at radius 3 is 2.52 bits per heavy atom. The van der Waals surface area contributed by atoms with E-state index >= 15 is 0 Å². The van der Waals surface area contributed by atoms with Gasteiger partial charge in [-0.25, -0.2) is 0 Å². The molecule has 2 atom stereocenters. The molecule has 2 aromatic rings. The van der Waals surface area contributed by atoms with E-state index in [1.54, 1.807) is 13.4 Å². The molecule has 1 aromatic carbocycles. The van der Waals surface area contributed by atoms with Crippen LogP contribution in [-0.2, 0) is 29.1 Å². The lowest BCUT2D eigenvalue weighted by molar-refractivity contribution is -0.136. The quantitative estimate of drug-likeness (QED) is 0.777. The van der Waals surface area contributed by atoms with Crippen LogP contribution in [0.25, 0.3) is 0 Å². The standard InChI is InChI=1S/C20H27N5O2/c1-21-19(26)16-9-5-6-10-17(16)20(27)22-13-18-24-23-14-25(18)12-11-15-7-3-2-4-8-15/h2-4,7-8,14,16-17H,5-6,9-13H2,1H3,(H,21,26)(H,22,27)/t16-,17+/m1/s1. The molecule has 1 aliphatic rings. The third-order valence-electron chi connectivity index (χ3n) is 5.29. The molecule has 0 unspecified atom stereocenters. The zero-order valence-electron chi connectivity index (χ0n) is 15.7. The van der Waals surface area contributed by atoms with Gasteiger partial charge in [-0.1, -0.05) is 43.2 Å². The van der Waals surface area contributed by atoms with Crippen LogP contribution in [-0.4, -0.2) is 33.6 Å². The van der Waals surface area contributed by atoms with Crippen molar-refractivity contribution in [2.45, 2.75) is 45.2 Å². The van der Waals surface area contributed by atoms with Crippen molar-refractivity contribution in [3.8, 4) is 0 Å². The summed E-state index contributed by atoms with van der Waals surface area (Å²) in [6.45, 7) is 1.08. The molecule has 0 spiro atoms. The average molecular weight is 369 g/mol. The van der Waals surface area contributed by atoms with Crippen molar-refractivity contribution in [3.05, 3.63) is 48.0 Å². The van der Waals surface area contributed by atoms with E-state index in [-0.39, 0.29) is 23.7 Å². The van der Waals surface area contributed by atoms with Crippen molar-refractivity contribution in [3.63, 3.8) is 0 Å². The van der Waals surface area contributed by atoms with Crippen molar-refractivity contribution in [2.75, 3.05) is 7.05 Å². The molecule has 0 bridgehead atoms. The Bertz CT molecular complexity index is 759. The number of aromatic nitrogens is 3. The van der Waals surface area contributed by atoms with Gasteiger partial charge in [-0.3, -0.25) is 9.59 Å². The summed E-state index contributed by atoms with van der Waals surface area (Å²) in [5.41, 5.74) is 1.25. The Hall–Kier alpha value is -2.70. The predicted molar refractivity (Wildman–Crippen MR) is 102 cm³/mol. The Balaban J connectivity index is 1.56. The van der Waals surface area contributed by atoms with Gasteiger partial charge in [-0.15, -0.1) is 10.2 Å². The number of nitrogens with one attached hydrogen (secondary N) is 2. The molecule has 1 heterocycles. The van der Waals surface area contributed by atoms with Crippen LogP contribution in [0.1, 0.15) is 37.1 Å². The van der Waals surface area contributed by atoms with E-state index in [9.17, 15) is 9.59 Å². The van der Waals surface area contributed by atoms with Gasteiger partial charge in [0, 0.05) is 25.4 Å². The summed E-state index contributed by atoms with van der Waals surface area (Å²) in [6.07, 6.45) is 6.07. The monoisotopic (exact) mass is 369 g/mol. The minimum absolute atomic E-state index is 0.0409. The molecule has 1 aromatic heterocycles. The van der Waals surface area contributed by atoms with Crippen LogP contribution in [0.3, 0.4) is 0 Å². The van der Waals surface area contributed by atoms with E-state index in [1.807, 2.05) is 22.8 Å². The molecular formula is C20H27N5O2. The molecule has 0 saturated heterocycles. The summed E-state index contributed by atoms with van der Waals surface area (Å²) < 4.78 is 1.96.